The van der Waals surface area contributed by atoms with Gasteiger partial charge in [0.15, 0.2) is 0 Å². The number of hydroxylamine groups is 1. The molecule has 2 aromatic carbocycles. The first-order chi connectivity index (χ1) is 12.2. The van der Waals surface area contributed by atoms with Crippen LogP contribution in [0.25, 0.3) is 0 Å². The average molecular weight is 341 g/mol. The third-order valence-corrected chi connectivity index (χ3v) is 3.64. The first kappa shape index (κ1) is 18.7. The third kappa shape index (κ3) is 6.77. The van der Waals surface area contributed by atoms with Gasteiger partial charge >= 0.3 is 5.97 Å². The van der Waals surface area contributed by atoms with E-state index >= 15 is 0 Å². The topological polar surface area (TPSA) is 64.6 Å². The van der Waals surface area contributed by atoms with Crippen molar-refractivity contribution >= 4 is 11.9 Å². The van der Waals surface area contributed by atoms with Crippen LogP contribution >= 0.6 is 0 Å². The highest BCUT2D eigenvalue weighted by Crippen LogP contribution is 2.14. The average Bonchev–Trinajstić information content (AvgIpc) is 2.63. The second-order valence-electron chi connectivity index (χ2n) is 5.64. The van der Waals surface area contributed by atoms with Gasteiger partial charge in [0.2, 0.25) is 5.91 Å². The van der Waals surface area contributed by atoms with E-state index in [2.05, 4.69) is 5.48 Å². The molecule has 2 rings (SSSR count). The SMILES string of the molecule is CCOC(=O)C(CC(=O)NOCc1ccccc1)Cc1ccccc1. The molecule has 0 spiro atoms. The fourth-order valence-electron chi connectivity index (χ4n) is 2.44. The first-order valence-electron chi connectivity index (χ1n) is 8.34. The maximum absolute atomic E-state index is 12.1. The maximum atomic E-state index is 12.1. The number of hydrogen-bond acceptors (Lipinski definition) is 4. The highest BCUT2D eigenvalue weighted by molar-refractivity contribution is 5.82. The molecule has 0 aliphatic heterocycles. The van der Waals surface area contributed by atoms with Gasteiger partial charge in [0.05, 0.1) is 19.1 Å². The van der Waals surface area contributed by atoms with Crippen molar-refractivity contribution in [1.82, 2.24) is 5.48 Å². The number of benzene rings is 2. The molecule has 1 N–H and O–H groups in total. The molecule has 2 aromatic rings. The third-order valence-electron chi connectivity index (χ3n) is 3.64. The Morgan fingerprint density at radius 2 is 1.56 bits per heavy atom. The summed E-state index contributed by atoms with van der Waals surface area (Å²) in [6.45, 7) is 2.31. The summed E-state index contributed by atoms with van der Waals surface area (Å²) in [6.07, 6.45) is 0.467. The zero-order valence-corrected chi connectivity index (χ0v) is 14.3. The van der Waals surface area contributed by atoms with Gasteiger partial charge in [0.1, 0.15) is 0 Å². The van der Waals surface area contributed by atoms with E-state index in [0.29, 0.717) is 6.42 Å². The molecule has 0 radical (unpaired) electrons. The lowest BCUT2D eigenvalue weighted by molar-refractivity contribution is -0.151. The predicted molar refractivity (Wildman–Crippen MR) is 94.3 cm³/mol. The van der Waals surface area contributed by atoms with Crippen LogP contribution < -0.4 is 5.48 Å². The Bertz CT molecular complexity index is 658. The molecule has 0 heterocycles. The molecule has 1 atom stereocenters. The number of carbonyl (C=O) groups is 2. The van der Waals surface area contributed by atoms with E-state index in [-0.39, 0.29) is 31.5 Å². The van der Waals surface area contributed by atoms with Crippen LogP contribution in [0, 0.1) is 5.92 Å². The number of nitrogens with one attached hydrogen (secondary N) is 1. The molecule has 0 aliphatic rings. The van der Waals surface area contributed by atoms with Gasteiger partial charge in [-0.25, -0.2) is 5.48 Å². The molecule has 1 unspecified atom stereocenters. The van der Waals surface area contributed by atoms with Gasteiger partial charge in [-0.1, -0.05) is 60.7 Å². The second kappa shape index (κ2) is 10.3. The highest BCUT2D eigenvalue weighted by atomic mass is 16.6. The predicted octanol–water partition coefficient (Wildman–Crippen LogP) is 3.05. The van der Waals surface area contributed by atoms with E-state index in [1.165, 1.54) is 0 Å². The van der Waals surface area contributed by atoms with Crippen LogP contribution in [-0.2, 0) is 32.2 Å². The van der Waals surface area contributed by atoms with E-state index in [4.69, 9.17) is 9.57 Å². The lowest BCUT2D eigenvalue weighted by Gasteiger charge is -2.15. The summed E-state index contributed by atoms with van der Waals surface area (Å²) in [5.41, 5.74) is 4.34. The quantitative estimate of drug-likeness (QED) is 0.562. The van der Waals surface area contributed by atoms with Crippen molar-refractivity contribution in [1.29, 1.82) is 0 Å². The van der Waals surface area contributed by atoms with Gasteiger partial charge in [-0.15, -0.1) is 0 Å². The lowest BCUT2D eigenvalue weighted by atomic mass is 9.96. The molecular formula is C20H23NO4. The minimum absolute atomic E-state index is 0.0164. The summed E-state index contributed by atoms with van der Waals surface area (Å²) in [5.74, 6) is -1.25. The van der Waals surface area contributed by atoms with Crippen LogP contribution in [0.5, 0.6) is 0 Å². The summed E-state index contributed by atoms with van der Waals surface area (Å²) in [5, 5.41) is 0. The summed E-state index contributed by atoms with van der Waals surface area (Å²) < 4.78 is 5.09. The van der Waals surface area contributed by atoms with Crippen LogP contribution in [0.15, 0.2) is 60.7 Å². The molecule has 5 nitrogen and oxygen atoms in total. The Labute approximate surface area is 147 Å². The minimum atomic E-state index is -0.539. The summed E-state index contributed by atoms with van der Waals surface area (Å²) in [7, 11) is 0. The molecule has 25 heavy (non-hydrogen) atoms. The lowest BCUT2D eigenvalue weighted by Crippen LogP contribution is -2.30. The molecule has 0 bridgehead atoms. The Morgan fingerprint density at radius 3 is 2.16 bits per heavy atom. The van der Waals surface area contributed by atoms with Crippen LogP contribution in [0.2, 0.25) is 0 Å². The van der Waals surface area contributed by atoms with Gasteiger partial charge < -0.3 is 4.74 Å². The fraction of sp³-hybridized carbons (Fsp3) is 0.300. The van der Waals surface area contributed by atoms with E-state index in [0.717, 1.165) is 11.1 Å². The van der Waals surface area contributed by atoms with Gasteiger partial charge in [0, 0.05) is 6.42 Å². The number of esters is 1. The van der Waals surface area contributed by atoms with Crippen molar-refractivity contribution in [2.24, 2.45) is 5.92 Å². The molecular weight excluding hydrogens is 318 g/mol. The molecule has 132 valence electrons. The molecule has 0 fully saturated rings. The number of amides is 1. The van der Waals surface area contributed by atoms with Crippen molar-refractivity contribution in [3.8, 4) is 0 Å². The van der Waals surface area contributed by atoms with Crippen LogP contribution in [0.3, 0.4) is 0 Å². The number of carbonyl (C=O) groups excluding carboxylic acids is 2. The normalized spacial score (nSPS) is 11.6. The number of hydrogen-bond donors (Lipinski definition) is 1. The van der Waals surface area contributed by atoms with E-state index < -0.39 is 5.92 Å². The van der Waals surface area contributed by atoms with Crippen LogP contribution in [0.1, 0.15) is 24.5 Å². The summed E-state index contributed by atoms with van der Waals surface area (Å²) in [4.78, 5) is 29.5. The van der Waals surface area contributed by atoms with Gasteiger partial charge in [-0.05, 0) is 24.5 Å². The molecule has 1 amide bonds. The zero-order chi connectivity index (χ0) is 17.9. The Hall–Kier alpha value is -2.66. The standard InChI is InChI=1S/C20H23NO4/c1-2-24-20(23)18(13-16-9-5-3-6-10-16)14-19(22)21-25-15-17-11-7-4-8-12-17/h3-12,18H,2,13-15H2,1H3,(H,21,22). The molecule has 0 aromatic heterocycles. The van der Waals surface area contributed by atoms with Crippen molar-refractivity contribution in [2.75, 3.05) is 6.61 Å². The second-order valence-corrected chi connectivity index (χ2v) is 5.64. The number of rotatable bonds is 9. The zero-order valence-electron chi connectivity index (χ0n) is 14.3. The van der Waals surface area contributed by atoms with E-state index in [9.17, 15) is 9.59 Å². The largest absolute Gasteiger partial charge is 0.466 e. The molecule has 5 heteroatoms. The summed E-state index contributed by atoms with van der Waals surface area (Å²) in [6, 6.07) is 19.1. The monoisotopic (exact) mass is 341 g/mol. The molecule has 0 saturated heterocycles. The number of ether oxygens (including phenoxy) is 1. The van der Waals surface area contributed by atoms with Crippen molar-refractivity contribution < 1.29 is 19.2 Å². The Morgan fingerprint density at radius 1 is 0.960 bits per heavy atom. The van der Waals surface area contributed by atoms with Gasteiger partial charge in [0.25, 0.3) is 0 Å². The Kier molecular flexibility index (Phi) is 7.66. The first-order valence-corrected chi connectivity index (χ1v) is 8.34. The minimum Gasteiger partial charge on any atom is -0.466 e. The van der Waals surface area contributed by atoms with Crippen LogP contribution in [-0.4, -0.2) is 18.5 Å². The summed E-state index contributed by atoms with van der Waals surface area (Å²) >= 11 is 0. The van der Waals surface area contributed by atoms with E-state index in [1.54, 1.807) is 6.92 Å². The van der Waals surface area contributed by atoms with Crippen molar-refractivity contribution in [2.45, 2.75) is 26.4 Å². The van der Waals surface area contributed by atoms with E-state index in [1.807, 2.05) is 60.7 Å². The fourth-order valence-corrected chi connectivity index (χ4v) is 2.44. The smallest absolute Gasteiger partial charge is 0.309 e. The van der Waals surface area contributed by atoms with Gasteiger partial charge in [-0.3, -0.25) is 14.4 Å². The highest BCUT2D eigenvalue weighted by Gasteiger charge is 2.23. The molecule has 0 aliphatic carbocycles. The van der Waals surface area contributed by atoms with Crippen molar-refractivity contribution in [3.63, 3.8) is 0 Å². The maximum Gasteiger partial charge on any atom is 0.309 e. The van der Waals surface area contributed by atoms with Gasteiger partial charge in [-0.2, -0.15) is 0 Å². The molecule has 0 saturated carbocycles. The van der Waals surface area contributed by atoms with Crippen molar-refractivity contribution in [3.05, 3.63) is 71.8 Å². The van der Waals surface area contributed by atoms with Crippen LogP contribution in [0.4, 0.5) is 0 Å². The Balaban J connectivity index is 1.86.